The van der Waals surface area contributed by atoms with Gasteiger partial charge in [0.25, 0.3) is 11.5 Å². The van der Waals surface area contributed by atoms with Gasteiger partial charge >= 0.3 is 6.03 Å². The first-order valence-electron chi connectivity index (χ1n) is 14.2. The van der Waals surface area contributed by atoms with E-state index in [0.717, 1.165) is 43.8 Å². The maximum Gasteiger partial charge on any atom is 0.323 e. The van der Waals surface area contributed by atoms with Gasteiger partial charge in [0.2, 0.25) is 0 Å². The number of anilines is 3. The molecule has 10 nitrogen and oxygen atoms in total. The minimum Gasteiger partial charge on any atom is -0.497 e. The highest BCUT2D eigenvalue weighted by Gasteiger charge is 2.35. The average Bonchev–Trinajstić information content (AvgIpc) is 3.50. The number of methoxy groups -OCH3 is 1. The SMILES string of the molecule is COc1cccc(NC(=O)Nc2cc(C(=O)NC[C@@H]3CCCO3)ccc2N2C[C@H]3C[C@@H](C2)c2cccc(=O)n2C3)c1. The van der Waals surface area contributed by atoms with E-state index in [1.807, 2.05) is 22.8 Å². The zero-order valence-electron chi connectivity index (χ0n) is 23.1. The largest absolute Gasteiger partial charge is 0.497 e. The van der Waals surface area contributed by atoms with E-state index in [4.69, 9.17) is 9.47 Å². The number of aromatic nitrogens is 1. The molecule has 0 radical (unpaired) electrons. The first-order valence-corrected chi connectivity index (χ1v) is 14.2. The van der Waals surface area contributed by atoms with Gasteiger partial charge in [0.05, 0.1) is 24.6 Å². The van der Waals surface area contributed by atoms with Gasteiger partial charge in [-0.25, -0.2) is 4.79 Å². The van der Waals surface area contributed by atoms with Gasteiger partial charge in [0.1, 0.15) is 5.75 Å². The lowest BCUT2D eigenvalue weighted by Crippen LogP contribution is -2.47. The number of urea groups is 1. The van der Waals surface area contributed by atoms with Crippen molar-refractivity contribution in [3.63, 3.8) is 0 Å². The van der Waals surface area contributed by atoms with E-state index in [2.05, 4.69) is 20.9 Å². The molecule has 214 valence electrons. The summed E-state index contributed by atoms with van der Waals surface area (Å²) in [6.45, 7) is 3.30. The number of hydrogen-bond donors (Lipinski definition) is 3. The second-order valence-electron chi connectivity index (χ2n) is 11.0. The lowest BCUT2D eigenvalue weighted by Gasteiger charge is -2.44. The minimum absolute atomic E-state index is 0.0348. The lowest BCUT2D eigenvalue weighted by molar-refractivity contribution is 0.0858. The van der Waals surface area contributed by atoms with Gasteiger partial charge in [-0.1, -0.05) is 12.1 Å². The maximum atomic E-state index is 13.2. The Hall–Kier alpha value is -4.31. The molecule has 0 unspecified atom stereocenters. The summed E-state index contributed by atoms with van der Waals surface area (Å²) < 4.78 is 12.8. The minimum atomic E-state index is -0.425. The molecule has 2 fully saturated rings. The van der Waals surface area contributed by atoms with E-state index in [0.29, 0.717) is 48.2 Å². The van der Waals surface area contributed by atoms with E-state index in [1.165, 1.54) is 0 Å². The molecule has 0 aliphatic carbocycles. The Morgan fingerprint density at radius 2 is 1.90 bits per heavy atom. The molecule has 3 aliphatic heterocycles. The molecule has 0 saturated carbocycles. The van der Waals surface area contributed by atoms with Crippen LogP contribution in [-0.4, -0.2) is 56.0 Å². The monoisotopic (exact) mass is 557 g/mol. The third-order valence-electron chi connectivity index (χ3n) is 8.17. The van der Waals surface area contributed by atoms with Crippen molar-refractivity contribution < 1.29 is 19.1 Å². The van der Waals surface area contributed by atoms with Gasteiger partial charge in [0.15, 0.2) is 0 Å². The molecule has 0 spiro atoms. The number of nitrogens with zero attached hydrogens (tertiary/aromatic N) is 2. The number of amides is 3. The predicted molar refractivity (Wildman–Crippen MR) is 157 cm³/mol. The van der Waals surface area contributed by atoms with Crippen LogP contribution in [0.15, 0.2) is 65.5 Å². The van der Waals surface area contributed by atoms with Crippen LogP contribution in [-0.2, 0) is 11.3 Å². The van der Waals surface area contributed by atoms with Crippen molar-refractivity contribution in [1.29, 1.82) is 0 Å². The number of carbonyl (C=O) groups is 2. The van der Waals surface area contributed by atoms with Crippen molar-refractivity contribution >= 4 is 29.0 Å². The predicted octanol–water partition coefficient (Wildman–Crippen LogP) is 4.03. The zero-order valence-corrected chi connectivity index (χ0v) is 23.1. The molecule has 2 saturated heterocycles. The summed E-state index contributed by atoms with van der Waals surface area (Å²) in [5.74, 6) is 0.915. The zero-order chi connectivity index (χ0) is 28.3. The van der Waals surface area contributed by atoms with E-state index < -0.39 is 6.03 Å². The van der Waals surface area contributed by atoms with Crippen molar-refractivity contribution in [3.8, 4) is 5.75 Å². The number of carbonyl (C=O) groups excluding carboxylic acids is 2. The standard InChI is InChI=1S/C31H35N5O5/c1-40-24-6-2-5-23(15-24)33-31(39)34-26-14-21(30(38)32-16-25-7-4-12-41-25)10-11-28(26)35-17-20-13-22(19-35)27-8-3-9-29(37)36(27)18-20/h2-3,5-6,8-11,14-15,20,22,25H,4,7,12-13,16-19H2,1H3,(H,32,38)(H2,33,34,39)/t20-,22+,25+/m1/s1. The molecule has 6 rings (SSSR count). The summed E-state index contributed by atoms with van der Waals surface area (Å²) in [7, 11) is 1.57. The van der Waals surface area contributed by atoms with Crippen LogP contribution in [0.25, 0.3) is 0 Å². The highest BCUT2D eigenvalue weighted by molar-refractivity contribution is 6.04. The third kappa shape index (κ3) is 5.92. The highest BCUT2D eigenvalue weighted by Crippen LogP contribution is 2.39. The van der Waals surface area contributed by atoms with E-state index in [9.17, 15) is 14.4 Å². The fourth-order valence-corrected chi connectivity index (χ4v) is 6.25. The summed E-state index contributed by atoms with van der Waals surface area (Å²) in [5.41, 5.74) is 3.51. The van der Waals surface area contributed by atoms with Gasteiger partial charge in [-0.05, 0) is 61.6 Å². The number of pyridine rings is 1. The van der Waals surface area contributed by atoms with Crippen LogP contribution in [0.5, 0.6) is 5.75 Å². The summed E-state index contributed by atoms with van der Waals surface area (Å²) in [4.78, 5) is 41.0. The van der Waals surface area contributed by atoms with Gasteiger partial charge in [-0.2, -0.15) is 0 Å². The normalized spacial score (nSPS) is 21.1. The second-order valence-corrected chi connectivity index (χ2v) is 11.0. The molecule has 3 aromatic rings. The Morgan fingerprint density at radius 3 is 2.73 bits per heavy atom. The second kappa shape index (κ2) is 11.7. The van der Waals surface area contributed by atoms with Crippen LogP contribution in [0.4, 0.5) is 21.9 Å². The van der Waals surface area contributed by atoms with Crippen LogP contribution in [0.1, 0.15) is 41.2 Å². The van der Waals surface area contributed by atoms with E-state index >= 15 is 0 Å². The Bertz CT molecular complexity index is 1500. The molecule has 41 heavy (non-hydrogen) atoms. The highest BCUT2D eigenvalue weighted by atomic mass is 16.5. The summed E-state index contributed by atoms with van der Waals surface area (Å²) in [6, 6.07) is 17.6. The Labute approximate surface area is 238 Å². The van der Waals surface area contributed by atoms with Crippen LogP contribution >= 0.6 is 0 Å². The number of rotatable bonds is 7. The molecule has 2 aromatic carbocycles. The lowest BCUT2D eigenvalue weighted by atomic mass is 9.83. The fourth-order valence-electron chi connectivity index (χ4n) is 6.25. The number of piperidine rings is 1. The van der Waals surface area contributed by atoms with E-state index in [1.54, 1.807) is 49.6 Å². The molecule has 1 aromatic heterocycles. The molecular weight excluding hydrogens is 522 g/mol. The summed E-state index contributed by atoms with van der Waals surface area (Å²) in [5, 5.41) is 8.82. The van der Waals surface area contributed by atoms with Gasteiger partial charge in [0, 0.05) is 67.8 Å². The molecular formula is C31H35N5O5. The number of fused-ring (bicyclic) bond motifs is 4. The average molecular weight is 558 g/mol. The van der Waals surface area contributed by atoms with Gasteiger partial charge in [-0.3, -0.25) is 9.59 Å². The summed E-state index contributed by atoms with van der Waals surface area (Å²) in [6.07, 6.45) is 2.99. The van der Waals surface area contributed by atoms with Crippen molar-refractivity contribution in [2.75, 3.05) is 48.9 Å². The van der Waals surface area contributed by atoms with Gasteiger partial charge < -0.3 is 34.9 Å². The topological polar surface area (TPSA) is 114 Å². The molecule has 3 aliphatic rings. The van der Waals surface area contributed by atoms with Gasteiger partial charge in [-0.15, -0.1) is 0 Å². The number of nitrogens with one attached hydrogen (secondary N) is 3. The van der Waals surface area contributed by atoms with Crippen molar-refractivity contribution in [3.05, 3.63) is 82.3 Å². The molecule has 2 bridgehead atoms. The molecule has 3 atom stereocenters. The quantitative estimate of drug-likeness (QED) is 0.404. The Morgan fingerprint density at radius 1 is 1.02 bits per heavy atom. The van der Waals surface area contributed by atoms with Crippen LogP contribution in [0.3, 0.4) is 0 Å². The van der Waals surface area contributed by atoms with Crippen LogP contribution in [0.2, 0.25) is 0 Å². The van der Waals surface area contributed by atoms with Crippen molar-refractivity contribution in [1.82, 2.24) is 9.88 Å². The summed E-state index contributed by atoms with van der Waals surface area (Å²) >= 11 is 0. The Balaban J connectivity index is 1.25. The van der Waals surface area contributed by atoms with E-state index in [-0.39, 0.29) is 23.5 Å². The van der Waals surface area contributed by atoms with Crippen LogP contribution in [0, 0.1) is 5.92 Å². The van der Waals surface area contributed by atoms with Crippen molar-refractivity contribution in [2.45, 2.75) is 37.8 Å². The molecule has 3 N–H and O–H groups in total. The Kier molecular flexibility index (Phi) is 7.65. The molecule has 4 heterocycles. The molecule has 10 heteroatoms. The first kappa shape index (κ1) is 26.9. The first-order chi connectivity index (χ1) is 20.0. The fraction of sp³-hybridized carbons (Fsp3) is 0.387. The number of benzene rings is 2. The number of ether oxygens (including phenoxy) is 2. The smallest absolute Gasteiger partial charge is 0.323 e. The van der Waals surface area contributed by atoms with Crippen molar-refractivity contribution in [2.24, 2.45) is 5.92 Å². The molecule has 3 amide bonds. The number of hydrogen-bond acceptors (Lipinski definition) is 6. The third-order valence-corrected chi connectivity index (χ3v) is 8.17. The maximum absolute atomic E-state index is 13.2. The van der Waals surface area contributed by atoms with Crippen LogP contribution < -0.4 is 31.1 Å².